The molecule has 1 aliphatic heterocycles. The molecule has 0 radical (unpaired) electrons. The van der Waals surface area contributed by atoms with Crippen molar-refractivity contribution < 1.29 is 14.6 Å². The van der Waals surface area contributed by atoms with E-state index in [1.807, 2.05) is 4.90 Å². The van der Waals surface area contributed by atoms with Crippen molar-refractivity contribution in [2.45, 2.75) is 6.04 Å². The smallest absolute Gasteiger partial charge is 0.271 e. The summed E-state index contributed by atoms with van der Waals surface area (Å²) in [6.07, 6.45) is 0. The van der Waals surface area contributed by atoms with Gasteiger partial charge in [0.05, 0.1) is 25.9 Å². The molecule has 0 aromatic carbocycles. The summed E-state index contributed by atoms with van der Waals surface area (Å²) < 4.78 is 5.29. The fourth-order valence-electron chi connectivity index (χ4n) is 1.84. The molecule has 0 aliphatic carbocycles. The zero-order valence-electron chi connectivity index (χ0n) is 10.2. The van der Waals surface area contributed by atoms with E-state index in [1.54, 1.807) is 19.2 Å². The summed E-state index contributed by atoms with van der Waals surface area (Å²) in [7, 11) is 1.54. The van der Waals surface area contributed by atoms with Crippen molar-refractivity contribution in [2.75, 3.05) is 38.3 Å². The van der Waals surface area contributed by atoms with Gasteiger partial charge in [-0.15, -0.1) is 10.2 Å². The van der Waals surface area contributed by atoms with Crippen molar-refractivity contribution >= 4 is 11.7 Å². The molecule has 2 heterocycles. The summed E-state index contributed by atoms with van der Waals surface area (Å²) in [5, 5.41) is 19.6. The third-order valence-corrected chi connectivity index (χ3v) is 2.84. The first-order valence-corrected chi connectivity index (χ1v) is 5.77. The maximum absolute atomic E-state index is 11.3. The Morgan fingerprint density at radius 3 is 3.06 bits per heavy atom. The molecule has 2 N–H and O–H groups in total. The number of ether oxygens (including phenoxy) is 1. The van der Waals surface area contributed by atoms with Gasteiger partial charge in [0.25, 0.3) is 5.91 Å². The van der Waals surface area contributed by atoms with Crippen molar-refractivity contribution in [3.63, 3.8) is 0 Å². The zero-order valence-corrected chi connectivity index (χ0v) is 10.2. The van der Waals surface area contributed by atoms with E-state index in [4.69, 9.17) is 4.74 Å². The Labute approximate surface area is 105 Å². The van der Waals surface area contributed by atoms with Gasteiger partial charge in [0.2, 0.25) is 0 Å². The van der Waals surface area contributed by atoms with Crippen LogP contribution in [-0.4, -0.2) is 60.7 Å². The lowest BCUT2D eigenvalue weighted by Crippen LogP contribution is -2.48. The normalized spacial score (nSPS) is 19.7. The minimum Gasteiger partial charge on any atom is -0.394 e. The molecule has 98 valence electrons. The van der Waals surface area contributed by atoms with Crippen molar-refractivity contribution in [3.8, 4) is 0 Å². The summed E-state index contributed by atoms with van der Waals surface area (Å²) >= 11 is 0. The number of morpholine rings is 1. The van der Waals surface area contributed by atoms with Crippen LogP contribution in [-0.2, 0) is 4.74 Å². The van der Waals surface area contributed by atoms with E-state index >= 15 is 0 Å². The van der Waals surface area contributed by atoms with Crippen molar-refractivity contribution in [1.29, 1.82) is 0 Å². The highest BCUT2D eigenvalue weighted by Gasteiger charge is 2.23. The largest absolute Gasteiger partial charge is 0.394 e. The molecule has 1 aromatic heterocycles. The molecule has 2 rings (SSSR count). The number of carbonyl (C=O) groups is 1. The van der Waals surface area contributed by atoms with E-state index in [2.05, 4.69) is 15.5 Å². The number of hydrogen-bond acceptors (Lipinski definition) is 6. The molecule has 1 saturated heterocycles. The fraction of sp³-hybridized carbons (Fsp3) is 0.545. The molecule has 18 heavy (non-hydrogen) atoms. The number of amides is 1. The summed E-state index contributed by atoms with van der Waals surface area (Å²) in [6.45, 7) is 1.71. The van der Waals surface area contributed by atoms with E-state index in [9.17, 15) is 9.90 Å². The predicted octanol–water partition coefficient (Wildman–Crippen LogP) is -0.966. The number of nitrogens with zero attached hydrogens (tertiary/aromatic N) is 3. The Kier molecular flexibility index (Phi) is 4.06. The molecule has 1 atom stereocenters. The van der Waals surface area contributed by atoms with Gasteiger partial charge in [-0.25, -0.2) is 0 Å². The van der Waals surface area contributed by atoms with Crippen LogP contribution < -0.4 is 10.2 Å². The lowest BCUT2D eigenvalue weighted by Gasteiger charge is -2.34. The van der Waals surface area contributed by atoms with Gasteiger partial charge in [-0.05, 0) is 12.1 Å². The van der Waals surface area contributed by atoms with Crippen LogP contribution in [0, 0.1) is 0 Å². The molecule has 0 saturated carbocycles. The van der Waals surface area contributed by atoms with Gasteiger partial charge in [0, 0.05) is 13.6 Å². The Morgan fingerprint density at radius 1 is 1.61 bits per heavy atom. The first kappa shape index (κ1) is 12.7. The number of aromatic nitrogens is 2. The third kappa shape index (κ3) is 2.57. The number of nitrogens with one attached hydrogen (secondary N) is 1. The van der Waals surface area contributed by atoms with Gasteiger partial charge in [-0.1, -0.05) is 0 Å². The molecular formula is C11H16N4O3. The maximum atomic E-state index is 11.3. The predicted molar refractivity (Wildman–Crippen MR) is 64.5 cm³/mol. The highest BCUT2D eigenvalue weighted by Crippen LogP contribution is 2.16. The SMILES string of the molecule is CNC(=O)c1ccc(N2CCOCC2CO)nn1. The fourth-order valence-corrected chi connectivity index (χ4v) is 1.84. The maximum Gasteiger partial charge on any atom is 0.271 e. The first-order valence-electron chi connectivity index (χ1n) is 5.77. The monoisotopic (exact) mass is 252 g/mol. The summed E-state index contributed by atoms with van der Waals surface area (Å²) in [5.74, 6) is 0.375. The van der Waals surface area contributed by atoms with Crippen LogP contribution in [0.3, 0.4) is 0 Å². The molecule has 0 bridgehead atoms. The molecule has 7 heteroatoms. The topological polar surface area (TPSA) is 87.6 Å². The molecule has 7 nitrogen and oxygen atoms in total. The van der Waals surface area contributed by atoms with E-state index in [0.717, 1.165) is 0 Å². The molecule has 1 aliphatic rings. The lowest BCUT2D eigenvalue weighted by atomic mass is 10.2. The number of anilines is 1. The van der Waals surface area contributed by atoms with Crippen LogP contribution in [0.2, 0.25) is 0 Å². The number of hydrogen-bond donors (Lipinski definition) is 2. The number of rotatable bonds is 3. The Balaban J connectivity index is 2.15. The number of carbonyl (C=O) groups excluding carboxylic acids is 1. The van der Waals surface area contributed by atoms with Gasteiger partial charge >= 0.3 is 0 Å². The summed E-state index contributed by atoms with van der Waals surface area (Å²) in [6, 6.07) is 3.23. The van der Waals surface area contributed by atoms with E-state index < -0.39 is 0 Å². The van der Waals surface area contributed by atoms with Crippen molar-refractivity contribution in [3.05, 3.63) is 17.8 Å². The summed E-state index contributed by atoms with van der Waals surface area (Å²) in [4.78, 5) is 13.3. The average Bonchev–Trinajstić information content (AvgIpc) is 2.46. The van der Waals surface area contributed by atoms with Crippen LogP contribution in [0.5, 0.6) is 0 Å². The van der Waals surface area contributed by atoms with Crippen LogP contribution in [0.4, 0.5) is 5.82 Å². The lowest BCUT2D eigenvalue weighted by molar-refractivity contribution is 0.0721. The van der Waals surface area contributed by atoms with Crippen molar-refractivity contribution in [2.24, 2.45) is 0 Å². The molecule has 1 aromatic rings. The third-order valence-electron chi connectivity index (χ3n) is 2.84. The minimum absolute atomic E-state index is 0.00111. The Hall–Kier alpha value is -1.73. The van der Waals surface area contributed by atoms with Crippen LogP contribution in [0.15, 0.2) is 12.1 Å². The van der Waals surface area contributed by atoms with Gasteiger partial charge in [-0.2, -0.15) is 0 Å². The quantitative estimate of drug-likeness (QED) is 0.720. The van der Waals surface area contributed by atoms with Crippen LogP contribution in [0.1, 0.15) is 10.5 Å². The second-order valence-electron chi connectivity index (χ2n) is 3.96. The summed E-state index contributed by atoms with van der Waals surface area (Å²) in [5.41, 5.74) is 0.273. The zero-order chi connectivity index (χ0) is 13.0. The van der Waals surface area contributed by atoms with Gasteiger partial charge in [-0.3, -0.25) is 4.79 Å². The molecule has 1 amide bonds. The van der Waals surface area contributed by atoms with Gasteiger partial charge in [0.15, 0.2) is 11.5 Å². The Morgan fingerprint density at radius 2 is 2.44 bits per heavy atom. The van der Waals surface area contributed by atoms with E-state index in [0.29, 0.717) is 25.6 Å². The van der Waals surface area contributed by atoms with E-state index in [-0.39, 0.29) is 24.2 Å². The average molecular weight is 252 g/mol. The highest BCUT2D eigenvalue weighted by atomic mass is 16.5. The molecule has 1 unspecified atom stereocenters. The number of aliphatic hydroxyl groups is 1. The molecular weight excluding hydrogens is 236 g/mol. The minimum atomic E-state index is -0.269. The molecule has 1 fully saturated rings. The Bertz CT molecular complexity index is 409. The number of aliphatic hydroxyl groups excluding tert-OH is 1. The molecule has 0 spiro atoms. The van der Waals surface area contributed by atoms with Crippen LogP contribution in [0.25, 0.3) is 0 Å². The second-order valence-corrected chi connectivity index (χ2v) is 3.96. The second kappa shape index (κ2) is 5.74. The van der Waals surface area contributed by atoms with Gasteiger partial charge in [0.1, 0.15) is 0 Å². The van der Waals surface area contributed by atoms with Crippen molar-refractivity contribution in [1.82, 2.24) is 15.5 Å². The standard InChI is InChI=1S/C11H16N4O3/c1-12-11(17)9-2-3-10(14-13-9)15-4-5-18-7-8(15)6-16/h2-3,8,16H,4-7H2,1H3,(H,12,17). The van der Waals surface area contributed by atoms with E-state index in [1.165, 1.54) is 0 Å². The van der Waals surface area contributed by atoms with Crippen LogP contribution >= 0.6 is 0 Å². The van der Waals surface area contributed by atoms with Gasteiger partial charge < -0.3 is 20.1 Å². The highest BCUT2D eigenvalue weighted by molar-refractivity contribution is 5.91. The first-order chi connectivity index (χ1) is 8.76.